The van der Waals surface area contributed by atoms with Gasteiger partial charge >= 0.3 is 0 Å². The molecule has 0 saturated carbocycles. The molecule has 0 radical (unpaired) electrons. The smallest absolute Gasteiger partial charge is 0.138 e. The van der Waals surface area contributed by atoms with E-state index >= 15 is 0 Å². The first-order valence-electron chi connectivity index (χ1n) is 9.01. The van der Waals surface area contributed by atoms with Crippen LogP contribution < -0.4 is 4.74 Å². The van der Waals surface area contributed by atoms with Crippen LogP contribution in [0.5, 0.6) is 11.5 Å². The van der Waals surface area contributed by atoms with Crippen molar-refractivity contribution in [2.45, 2.75) is 24.3 Å². The van der Waals surface area contributed by atoms with E-state index < -0.39 is 0 Å². The number of hydrogen-bond donors (Lipinski definition) is 1. The molecule has 0 spiro atoms. The molecule has 0 amide bonds. The van der Waals surface area contributed by atoms with Crippen LogP contribution in [-0.4, -0.2) is 22.8 Å². The van der Waals surface area contributed by atoms with E-state index in [0.717, 1.165) is 29.0 Å². The summed E-state index contributed by atoms with van der Waals surface area (Å²) in [5, 5.41) is 10.4. The molecule has 1 atom stereocenters. The van der Waals surface area contributed by atoms with E-state index in [4.69, 9.17) is 9.73 Å². The van der Waals surface area contributed by atoms with E-state index in [1.54, 1.807) is 17.8 Å². The van der Waals surface area contributed by atoms with Crippen molar-refractivity contribution >= 4 is 17.5 Å². The number of thioether (sulfide) groups is 1. The summed E-state index contributed by atoms with van der Waals surface area (Å²) in [6, 6.07) is 23.8. The van der Waals surface area contributed by atoms with Crippen LogP contribution in [0.1, 0.15) is 23.6 Å². The molecule has 0 bridgehead atoms. The van der Waals surface area contributed by atoms with Gasteiger partial charge in [0, 0.05) is 11.1 Å². The van der Waals surface area contributed by atoms with E-state index in [9.17, 15) is 5.11 Å². The molecule has 0 saturated heterocycles. The summed E-state index contributed by atoms with van der Waals surface area (Å²) >= 11 is 1.72. The van der Waals surface area contributed by atoms with Gasteiger partial charge in [0.25, 0.3) is 0 Å². The lowest BCUT2D eigenvalue weighted by Gasteiger charge is -2.14. The van der Waals surface area contributed by atoms with Gasteiger partial charge in [-0.1, -0.05) is 60.3 Å². The van der Waals surface area contributed by atoms with Gasteiger partial charge in [-0.2, -0.15) is 0 Å². The highest BCUT2D eigenvalue weighted by Gasteiger charge is 2.15. The molecule has 1 N–H and O–H groups in total. The Morgan fingerprint density at radius 3 is 2.67 bits per heavy atom. The molecule has 1 aliphatic heterocycles. The van der Waals surface area contributed by atoms with Crippen LogP contribution in [0.25, 0.3) is 0 Å². The third kappa shape index (κ3) is 4.01. The fourth-order valence-electron chi connectivity index (χ4n) is 3.24. The number of phenols is 1. The van der Waals surface area contributed by atoms with E-state index in [1.165, 1.54) is 10.5 Å². The first-order chi connectivity index (χ1) is 13.2. The molecule has 1 aliphatic rings. The normalized spacial score (nSPS) is 14.5. The Hall–Kier alpha value is -2.72. The lowest BCUT2D eigenvalue weighted by Crippen LogP contribution is -2.11. The molecule has 4 rings (SSSR count). The van der Waals surface area contributed by atoms with E-state index in [2.05, 4.69) is 25.1 Å². The second-order valence-electron chi connectivity index (χ2n) is 6.60. The molecule has 3 aromatic rings. The van der Waals surface area contributed by atoms with E-state index in [-0.39, 0.29) is 11.8 Å². The van der Waals surface area contributed by atoms with Gasteiger partial charge in [0.1, 0.15) is 17.4 Å². The van der Waals surface area contributed by atoms with Crippen LogP contribution in [0.3, 0.4) is 0 Å². The molecule has 0 aromatic heterocycles. The maximum Gasteiger partial charge on any atom is 0.138 e. The third-order valence-electron chi connectivity index (χ3n) is 4.52. The Kier molecular flexibility index (Phi) is 5.16. The van der Waals surface area contributed by atoms with Crippen molar-refractivity contribution in [1.82, 2.24) is 0 Å². The van der Waals surface area contributed by atoms with Crippen LogP contribution in [0.4, 0.5) is 0 Å². The van der Waals surface area contributed by atoms with Crippen molar-refractivity contribution in [3.05, 3.63) is 89.5 Å². The Labute approximate surface area is 163 Å². The minimum Gasteiger partial charge on any atom is -0.507 e. The zero-order valence-corrected chi connectivity index (χ0v) is 15.9. The quantitative estimate of drug-likeness (QED) is 0.615. The summed E-state index contributed by atoms with van der Waals surface area (Å²) in [5.41, 5.74) is 3.77. The van der Waals surface area contributed by atoms with Crippen LogP contribution in [-0.2, 0) is 6.42 Å². The minimum absolute atomic E-state index is 0.0620. The van der Waals surface area contributed by atoms with Gasteiger partial charge in [-0.05, 0) is 43.2 Å². The van der Waals surface area contributed by atoms with Gasteiger partial charge in [-0.15, -0.1) is 0 Å². The number of aliphatic imine (C=N–C) groups is 1. The molecule has 1 unspecified atom stereocenters. The largest absolute Gasteiger partial charge is 0.507 e. The van der Waals surface area contributed by atoms with Crippen molar-refractivity contribution in [3.63, 3.8) is 0 Å². The zero-order valence-electron chi connectivity index (χ0n) is 15.1. The standard InChI is InChI=1S/C23H21NO2S/c1-16(13-17-11-12-22-21(14-17)26-15-27-22)24-23(18-7-3-2-4-8-18)19-9-5-6-10-20(19)25/h2-12,14,16,25H,13,15H2,1H3. The molecule has 0 fully saturated rings. The minimum atomic E-state index is 0.0620. The first kappa shape index (κ1) is 17.7. The predicted molar refractivity (Wildman–Crippen MR) is 111 cm³/mol. The predicted octanol–water partition coefficient (Wildman–Crippen LogP) is 5.30. The van der Waals surface area contributed by atoms with Gasteiger partial charge in [-0.25, -0.2) is 0 Å². The number of aromatic hydroxyl groups is 1. The van der Waals surface area contributed by atoms with Gasteiger partial charge < -0.3 is 9.84 Å². The lowest BCUT2D eigenvalue weighted by molar-refractivity contribution is 0.397. The average Bonchev–Trinajstić information content (AvgIpc) is 3.15. The highest BCUT2D eigenvalue weighted by molar-refractivity contribution is 7.99. The number of rotatable bonds is 5. The zero-order chi connectivity index (χ0) is 18.6. The van der Waals surface area contributed by atoms with Crippen LogP contribution >= 0.6 is 11.8 Å². The van der Waals surface area contributed by atoms with Crippen molar-refractivity contribution in [1.29, 1.82) is 0 Å². The monoisotopic (exact) mass is 375 g/mol. The molecule has 3 aromatic carbocycles. The number of fused-ring (bicyclic) bond motifs is 1. The van der Waals surface area contributed by atoms with Crippen molar-refractivity contribution < 1.29 is 9.84 Å². The molecule has 27 heavy (non-hydrogen) atoms. The third-order valence-corrected chi connectivity index (χ3v) is 5.41. The van der Waals surface area contributed by atoms with Crippen molar-refractivity contribution in [3.8, 4) is 11.5 Å². The Morgan fingerprint density at radius 1 is 1.07 bits per heavy atom. The Morgan fingerprint density at radius 2 is 1.85 bits per heavy atom. The summed E-state index contributed by atoms with van der Waals surface area (Å²) in [4.78, 5) is 6.18. The fraction of sp³-hybridized carbons (Fsp3) is 0.174. The van der Waals surface area contributed by atoms with Crippen LogP contribution in [0.15, 0.2) is 82.7 Å². The van der Waals surface area contributed by atoms with Crippen molar-refractivity contribution in [2.75, 3.05) is 5.94 Å². The summed E-state index contributed by atoms with van der Waals surface area (Å²) < 4.78 is 5.65. The fourth-order valence-corrected chi connectivity index (χ4v) is 3.98. The van der Waals surface area contributed by atoms with Crippen LogP contribution in [0.2, 0.25) is 0 Å². The maximum absolute atomic E-state index is 10.4. The van der Waals surface area contributed by atoms with E-state index in [0.29, 0.717) is 5.94 Å². The number of hydrogen-bond acceptors (Lipinski definition) is 4. The average molecular weight is 375 g/mol. The Balaban J connectivity index is 1.65. The number of ether oxygens (including phenoxy) is 1. The summed E-state index contributed by atoms with van der Waals surface area (Å²) in [5.74, 6) is 1.91. The SMILES string of the molecule is CC(Cc1ccc2c(c1)OCS2)N=C(c1ccccc1)c1ccccc1O. The second-order valence-corrected chi connectivity index (χ2v) is 7.57. The molecule has 4 heteroatoms. The summed E-state index contributed by atoms with van der Waals surface area (Å²) in [7, 11) is 0. The highest BCUT2D eigenvalue weighted by atomic mass is 32.2. The van der Waals surface area contributed by atoms with E-state index in [1.807, 2.05) is 48.5 Å². The van der Waals surface area contributed by atoms with Crippen molar-refractivity contribution in [2.24, 2.45) is 4.99 Å². The number of para-hydroxylation sites is 1. The van der Waals surface area contributed by atoms with Gasteiger partial charge in [0.05, 0.1) is 16.6 Å². The molecular formula is C23H21NO2S. The molecule has 0 aliphatic carbocycles. The maximum atomic E-state index is 10.4. The number of benzene rings is 3. The van der Waals surface area contributed by atoms with Gasteiger partial charge in [0.15, 0.2) is 0 Å². The highest BCUT2D eigenvalue weighted by Crippen LogP contribution is 2.36. The molecular weight excluding hydrogens is 354 g/mol. The molecule has 1 heterocycles. The van der Waals surface area contributed by atoms with Crippen LogP contribution in [0, 0.1) is 0 Å². The number of nitrogens with zero attached hydrogens (tertiary/aromatic N) is 1. The summed E-state index contributed by atoms with van der Waals surface area (Å²) in [6.45, 7) is 2.10. The Bertz CT molecular complexity index is 969. The second kappa shape index (κ2) is 7.89. The van der Waals surface area contributed by atoms with Gasteiger partial charge in [-0.3, -0.25) is 4.99 Å². The first-order valence-corrected chi connectivity index (χ1v) is 9.99. The van der Waals surface area contributed by atoms with Gasteiger partial charge in [0.2, 0.25) is 0 Å². The molecule has 136 valence electrons. The summed E-state index contributed by atoms with van der Waals surface area (Å²) in [6.07, 6.45) is 0.811. The molecule has 3 nitrogen and oxygen atoms in total. The number of phenolic OH excluding ortho intramolecular Hbond substituents is 1. The topological polar surface area (TPSA) is 41.8 Å². The lowest BCUT2D eigenvalue weighted by atomic mass is 10.00.